The van der Waals surface area contributed by atoms with E-state index in [0.717, 1.165) is 0 Å². The number of amides is 2. The Morgan fingerprint density at radius 3 is 2.59 bits per heavy atom. The Hall–Kier alpha value is -3.62. The molecule has 0 aliphatic carbocycles. The SMILES string of the molecule is CCOC(=O)C1=C(COC(=O)Cc2ccc(F)cc2)NC(=O)NC1c1ccco1. The fourth-order valence-corrected chi connectivity index (χ4v) is 2.82. The molecule has 2 heterocycles. The molecule has 0 bridgehead atoms. The molecule has 1 aliphatic rings. The maximum atomic E-state index is 13.0. The molecule has 2 amide bonds. The topological polar surface area (TPSA) is 107 Å². The highest BCUT2D eigenvalue weighted by Crippen LogP contribution is 2.28. The van der Waals surface area contributed by atoms with Crippen LogP contribution in [0.4, 0.5) is 9.18 Å². The van der Waals surface area contributed by atoms with Crippen LogP contribution in [0.1, 0.15) is 24.3 Å². The predicted molar refractivity (Wildman–Crippen MR) is 97.8 cm³/mol. The van der Waals surface area contributed by atoms with Crippen molar-refractivity contribution in [1.29, 1.82) is 0 Å². The summed E-state index contributed by atoms with van der Waals surface area (Å²) in [4.78, 5) is 36.7. The van der Waals surface area contributed by atoms with Gasteiger partial charge in [-0.15, -0.1) is 0 Å². The highest BCUT2D eigenvalue weighted by Gasteiger charge is 2.35. The van der Waals surface area contributed by atoms with Crippen LogP contribution in [-0.2, 0) is 25.5 Å². The van der Waals surface area contributed by atoms with Crippen LogP contribution in [0.15, 0.2) is 58.3 Å². The Labute approximate surface area is 165 Å². The van der Waals surface area contributed by atoms with Gasteiger partial charge in [-0.1, -0.05) is 12.1 Å². The van der Waals surface area contributed by atoms with E-state index in [-0.39, 0.29) is 30.9 Å². The molecule has 0 saturated carbocycles. The molecule has 0 fully saturated rings. The van der Waals surface area contributed by atoms with Gasteiger partial charge in [-0.3, -0.25) is 4.79 Å². The van der Waals surface area contributed by atoms with Crippen LogP contribution < -0.4 is 10.6 Å². The summed E-state index contributed by atoms with van der Waals surface area (Å²) in [6, 6.07) is 7.18. The van der Waals surface area contributed by atoms with E-state index in [1.807, 2.05) is 0 Å². The first-order valence-electron chi connectivity index (χ1n) is 8.89. The molecule has 1 unspecified atom stereocenters. The van der Waals surface area contributed by atoms with Gasteiger partial charge in [-0.25, -0.2) is 14.0 Å². The summed E-state index contributed by atoms with van der Waals surface area (Å²) < 4.78 is 28.6. The first-order chi connectivity index (χ1) is 14.0. The zero-order valence-corrected chi connectivity index (χ0v) is 15.6. The fourth-order valence-electron chi connectivity index (χ4n) is 2.82. The van der Waals surface area contributed by atoms with Gasteiger partial charge in [-0.2, -0.15) is 0 Å². The van der Waals surface area contributed by atoms with Gasteiger partial charge < -0.3 is 24.5 Å². The first-order valence-corrected chi connectivity index (χ1v) is 8.89. The minimum Gasteiger partial charge on any atom is -0.467 e. The summed E-state index contributed by atoms with van der Waals surface area (Å²) in [6.45, 7) is 1.43. The van der Waals surface area contributed by atoms with Crippen molar-refractivity contribution in [3.05, 3.63) is 71.1 Å². The highest BCUT2D eigenvalue weighted by atomic mass is 19.1. The van der Waals surface area contributed by atoms with Crippen molar-refractivity contribution in [2.75, 3.05) is 13.2 Å². The van der Waals surface area contributed by atoms with Crippen molar-refractivity contribution in [3.63, 3.8) is 0 Å². The quantitative estimate of drug-likeness (QED) is 0.689. The van der Waals surface area contributed by atoms with E-state index in [4.69, 9.17) is 13.9 Å². The summed E-state index contributed by atoms with van der Waals surface area (Å²) in [6.07, 6.45) is 1.32. The van der Waals surface area contributed by atoms with Gasteiger partial charge in [-0.05, 0) is 36.8 Å². The molecule has 152 valence electrons. The fraction of sp³-hybridized carbons (Fsp3) is 0.250. The molecule has 9 heteroatoms. The first kappa shape index (κ1) is 20.1. The maximum absolute atomic E-state index is 13.0. The number of hydrogen-bond acceptors (Lipinski definition) is 6. The minimum atomic E-state index is -0.886. The molecule has 0 spiro atoms. The summed E-state index contributed by atoms with van der Waals surface area (Å²) in [5, 5.41) is 5.08. The van der Waals surface area contributed by atoms with Crippen molar-refractivity contribution < 1.29 is 32.7 Å². The summed E-state index contributed by atoms with van der Waals surface area (Å²) in [5.41, 5.74) is 0.746. The minimum absolute atomic E-state index is 0.0796. The number of rotatable bonds is 7. The van der Waals surface area contributed by atoms with Crippen LogP contribution in [0.5, 0.6) is 0 Å². The third kappa shape index (κ3) is 5.01. The molecule has 1 aromatic carbocycles. The largest absolute Gasteiger partial charge is 0.467 e. The molecule has 29 heavy (non-hydrogen) atoms. The Balaban J connectivity index is 1.79. The monoisotopic (exact) mass is 402 g/mol. The lowest BCUT2D eigenvalue weighted by Gasteiger charge is -2.27. The second-order valence-corrected chi connectivity index (χ2v) is 6.12. The van der Waals surface area contributed by atoms with E-state index in [1.165, 1.54) is 30.5 Å². The smallest absolute Gasteiger partial charge is 0.338 e. The van der Waals surface area contributed by atoms with E-state index in [9.17, 15) is 18.8 Å². The molecular weight excluding hydrogens is 383 g/mol. The number of hydrogen-bond donors (Lipinski definition) is 2. The average Bonchev–Trinajstić information content (AvgIpc) is 3.22. The zero-order valence-electron chi connectivity index (χ0n) is 15.6. The lowest BCUT2D eigenvalue weighted by molar-refractivity contribution is -0.143. The number of esters is 2. The van der Waals surface area contributed by atoms with Gasteiger partial charge in [0.05, 0.1) is 30.6 Å². The molecular formula is C20H19FN2O6. The van der Waals surface area contributed by atoms with E-state index in [1.54, 1.807) is 19.1 Å². The number of urea groups is 1. The molecule has 2 N–H and O–H groups in total. The van der Waals surface area contributed by atoms with Crippen LogP contribution in [0.25, 0.3) is 0 Å². The molecule has 3 rings (SSSR count). The molecule has 1 aliphatic heterocycles. The molecule has 1 atom stereocenters. The number of ether oxygens (including phenoxy) is 2. The third-order valence-electron chi connectivity index (χ3n) is 4.12. The van der Waals surface area contributed by atoms with Crippen LogP contribution in [0, 0.1) is 5.82 Å². The van der Waals surface area contributed by atoms with Crippen LogP contribution in [-0.4, -0.2) is 31.2 Å². The average molecular weight is 402 g/mol. The van der Waals surface area contributed by atoms with Gasteiger partial charge in [0.2, 0.25) is 0 Å². The van der Waals surface area contributed by atoms with Gasteiger partial charge in [0, 0.05) is 0 Å². The molecule has 1 aromatic heterocycles. The van der Waals surface area contributed by atoms with E-state index in [2.05, 4.69) is 10.6 Å². The van der Waals surface area contributed by atoms with Crippen molar-refractivity contribution in [3.8, 4) is 0 Å². The number of halogens is 1. The number of carbonyl (C=O) groups excluding carboxylic acids is 3. The lowest BCUT2D eigenvalue weighted by Crippen LogP contribution is -2.47. The van der Waals surface area contributed by atoms with Crippen molar-refractivity contribution in [1.82, 2.24) is 10.6 Å². The molecule has 8 nitrogen and oxygen atoms in total. The van der Waals surface area contributed by atoms with E-state index in [0.29, 0.717) is 11.3 Å². The van der Waals surface area contributed by atoms with E-state index >= 15 is 0 Å². The molecule has 2 aromatic rings. The molecule has 0 radical (unpaired) electrons. The van der Waals surface area contributed by atoms with Crippen LogP contribution in [0.3, 0.4) is 0 Å². The maximum Gasteiger partial charge on any atom is 0.338 e. The Bertz CT molecular complexity index is 921. The molecule has 0 saturated heterocycles. The van der Waals surface area contributed by atoms with Crippen LogP contribution >= 0.6 is 0 Å². The van der Waals surface area contributed by atoms with Gasteiger partial charge in [0.15, 0.2) is 0 Å². The number of carbonyl (C=O) groups is 3. The zero-order chi connectivity index (χ0) is 20.8. The number of benzene rings is 1. The van der Waals surface area contributed by atoms with E-state index < -0.39 is 29.8 Å². The van der Waals surface area contributed by atoms with Crippen molar-refractivity contribution >= 4 is 18.0 Å². The Morgan fingerprint density at radius 2 is 1.93 bits per heavy atom. The van der Waals surface area contributed by atoms with Crippen LogP contribution in [0.2, 0.25) is 0 Å². The summed E-state index contributed by atoms with van der Waals surface area (Å²) in [7, 11) is 0. The normalized spacial score (nSPS) is 16.1. The third-order valence-corrected chi connectivity index (χ3v) is 4.12. The van der Waals surface area contributed by atoms with Gasteiger partial charge >= 0.3 is 18.0 Å². The second-order valence-electron chi connectivity index (χ2n) is 6.12. The van der Waals surface area contributed by atoms with Gasteiger partial charge in [0.25, 0.3) is 0 Å². The standard InChI is InChI=1S/C20H19FN2O6/c1-2-27-19(25)17-14(22-20(26)23-18(17)15-4-3-9-28-15)11-29-16(24)10-12-5-7-13(21)8-6-12/h3-9,18H,2,10-11H2,1H3,(H2,22,23,26). The van der Waals surface area contributed by atoms with Crippen molar-refractivity contribution in [2.24, 2.45) is 0 Å². The summed E-state index contributed by atoms with van der Waals surface area (Å²) in [5.74, 6) is -1.36. The predicted octanol–water partition coefficient (Wildman–Crippen LogP) is 2.38. The highest BCUT2D eigenvalue weighted by molar-refractivity contribution is 5.95. The lowest BCUT2D eigenvalue weighted by atomic mass is 10.0. The Kier molecular flexibility index (Phi) is 6.28. The second kappa shape index (κ2) is 9.05. The number of furan rings is 1. The van der Waals surface area contributed by atoms with Gasteiger partial charge in [0.1, 0.15) is 24.2 Å². The Morgan fingerprint density at radius 1 is 1.17 bits per heavy atom. The van der Waals surface area contributed by atoms with Crippen molar-refractivity contribution in [2.45, 2.75) is 19.4 Å². The number of nitrogens with one attached hydrogen (secondary N) is 2. The summed E-state index contributed by atoms with van der Waals surface area (Å²) >= 11 is 0.